The van der Waals surface area contributed by atoms with Crippen LogP contribution >= 0.6 is 11.6 Å². The lowest BCUT2D eigenvalue weighted by Crippen LogP contribution is -2.55. The summed E-state index contributed by atoms with van der Waals surface area (Å²) in [4.78, 5) is 0. The molecule has 5 heteroatoms. The Morgan fingerprint density at radius 1 is 1.33 bits per heavy atom. The number of nitrogens with one attached hydrogen (secondary N) is 1. The molecule has 0 spiro atoms. The smallest absolute Gasteiger partial charge is 0.123 e. The number of hydrogen-bond acceptors (Lipinski definition) is 3. The zero-order valence-corrected chi connectivity index (χ0v) is 13.3. The number of hydrogen-bond donors (Lipinski definition) is 2. The Labute approximate surface area is 131 Å². The minimum atomic E-state index is -0.305. The molecule has 0 aliphatic heterocycles. The normalized spacial score (nSPS) is 20.0. The van der Waals surface area contributed by atoms with Gasteiger partial charge in [-0.15, -0.1) is 0 Å². The highest BCUT2D eigenvalue weighted by Gasteiger charge is 2.39. The molecule has 1 aromatic carbocycles. The monoisotopic (exact) mass is 314 g/mol. The summed E-state index contributed by atoms with van der Waals surface area (Å²) >= 11 is 6.18. The van der Waals surface area contributed by atoms with E-state index in [1.54, 1.807) is 13.2 Å². The van der Waals surface area contributed by atoms with Gasteiger partial charge < -0.3 is 4.74 Å². The third-order valence-corrected chi connectivity index (χ3v) is 4.99. The van der Waals surface area contributed by atoms with Gasteiger partial charge in [-0.1, -0.05) is 37.3 Å². The highest BCUT2D eigenvalue weighted by Crippen LogP contribution is 2.35. The zero-order chi connectivity index (χ0) is 15.3. The number of methoxy groups -OCH3 is 1. The fraction of sp³-hybridized carbons (Fsp3) is 0.625. The van der Waals surface area contributed by atoms with E-state index in [1.807, 2.05) is 0 Å². The summed E-state index contributed by atoms with van der Waals surface area (Å²) in [6, 6.07) is 4.35. The molecule has 1 fully saturated rings. The van der Waals surface area contributed by atoms with Gasteiger partial charge in [-0.3, -0.25) is 11.3 Å². The van der Waals surface area contributed by atoms with Crippen molar-refractivity contribution in [1.82, 2.24) is 5.43 Å². The minimum absolute atomic E-state index is 0.0834. The second-order valence-electron chi connectivity index (χ2n) is 5.84. The van der Waals surface area contributed by atoms with E-state index in [0.29, 0.717) is 11.4 Å². The highest BCUT2D eigenvalue weighted by atomic mass is 35.5. The van der Waals surface area contributed by atoms with Crippen molar-refractivity contribution < 1.29 is 9.13 Å². The Balaban J connectivity index is 2.22. The van der Waals surface area contributed by atoms with Gasteiger partial charge in [-0.2, -0.15) is 0 Å². The van der Waals surface area contributed by atoms with E-state index in [-0.39, 0.29) is 17.5 Å². The van der Waals surface area contributed by atoms with Crippen LogP contribution in [0.3, 0.4) is 0 Å². The molecule has 1 unspecified atom stereocenters. The lowest BCUT2D eigenvalue weighted by atomic mass is 9.83. The average molecular weight is 315 g/mol. The Hall–Kier alpha value is -0.680. The van der Waals surface area contributed by atoms with E-state index >= 15 is 0 Å². The van der Waals surface area contributed by atoms with Crippen LogP contribution < -0.4 is 11.3 Å². The van der Waals surface area contributed by atoms with E-state index in [0.717, 1.165) is 31.2 Å². The van der Waals surface area contributed by atoms with Crippen LogP contribution in [-0.2, 0) is 11.2 Å². The van der Waals surface area contributed by atoms with E-state index in [2.05, 4.69) is 5.43 Å². The van der Waals surface area contributed by atoms with Crippen LogP contribution in [0.4, 0.5) is 4.39 Å². The molecular formula is C16H24ClFN2O. The van der Waals surface area contributed by atoms with Crippen LogP contribution in [0.2, 0.25) is 5.02 Å². The van der Waals surface area contributed by atoms with E-state index in [4.69, 9.17) is 22.2 Å². The third-order valence-electron chi connectivity index (χ3n) is 4.62. The molecule has 0 saturated heterocycles. The summed E-state index contributed by atoms with van der Waals surface area (Å²) in [5, 5.41) is 0.566. The van der Waals surface area contributed by atoms with Crippen LogP contribution in [0.25, 0.3) is 0 Å². The van der Waals surface area contributed by atoms with Gasteiger partial charge in [0.05, 0.1) is 11.6 Å². The Morgan fingerprint density at radius 2 is 2.00 bits per heavy atom. The SMILES string of the molecule is COC1(C(Cc2cc(F)ccc2Cl)NN)CCCCCC1. The minimum Gasteiger partial charge on any atom is -0.377 e. The number of benzene rings is 1. The van der Waals surface area contributed by atoms with E-state index in [1.165, 1.54) is 25.0 Å². The summed E-state index contributed by atoms with van der Waals surface area (Å²) in [6.07, 6.45) is 7.19. The van der Waals surface area contributed by atoms with E-state index < -0.39 is 0 Å². The molecule has 0 bridgehead atoms. The van der Waals surface area contributed by atoms with Crippen molar-refractivity contribution in [3.05, 3.63) is 34.6 Å². The molecule has 0 amide bonds. The van der Waals surface area contributed by atoms with Crippen molar-refractivity contribution in [2.45, 2.75) is 56.6 Å². The first-order valence-corrected chi connectivity index (χ1v) is 7.94. The van der Waals surface area contributed by atoms with Crippen molar-refractivity contribution in [1.29, 1.82) is 0 Å². The van der Waals surface area contributed by atoms with Crippen LogP contribution in [-0.4, -0.2) is 18.8 Å². The first-order chi connectivity index (χ1) is 10.1. The molecule has 21 heavy (non-hydrogen) atoms. The molecule has 1 aliphatic carbocycles. The molecule has 2 rings (SSSR count). The number of nitrogens with two attached hydrogens (primary N) is 1. The standard InChI is InChI=1S/C16H24ClFN2O/c1-21-16(8-4-2-3-5-9-16)15(20-19)11-12-10-13(18)6-7-14(12)17/h6-7,10,15,20H,2-5,8-9,11,19H2,1H3. The Bertz CT molecular complexity index is 462. The molecule has 118 valence electrons. The summed E-state index contributed by atoms with van der Waals surface area (Å²) in [6.45, 7) is 0. The fourth-order valence-electron chi connectivity index (χ4n) is 3.34. The predicted molar refractivity (Wildman–Crippen MR) is 83.7 cm³/mol. The van der Waals surface area contributed by atoms with Gasteiger partial charge in [0.2, 0.25) is 0 Å². The summed E-state index contributed by atoms with van der Waals surface area (Å²) in [5.74, 6) is 5.50. The van der Waals surface area contributed by atoms with Gasteiger partial charge in [-0.25, -0.2) is 4.39 Å². The third kappa shape index (κ3) is 3.95. The van der Waals surface area contributed by atoms with Gasteiger partial charge >= 0.3 is 0 Å². The lowest BCUT2D eigenvalue weighted by molar-refractivity contribution is -0.0527. The topological polar surface area (TPSA) is 47.3 Å². The average Bonchev–Trinajstić information content (AvgIpc) is 2.74. The van der Waals surface area contributed by atoms with Gasteiger partial charge in [0.15, 0.2) is 0 Å². The molecule has 1 atom stereocenters. The molecule has 3 nitrogen and oxygen atoms in total. The molecule has 0 heterocycles. The van der Waals surface area contributed by atoms with E-state index in [9.17, 15) is 4.39 Å². The molecule has 0 radical (unpaired) electrons. The van der Waals surface area contributed by atoms with Gasteiger partial charge in [0.1, 0.15) is 5.82 Å². The number of hydrazine groups is 1. The summed E-state index contributed by atoms with van der Waals surface area (Å²) in [7, 11) is 1.74. The quantitative estimate of drug-likeness (QED) is 0.496. The van der Waals surface area contributed by atoms with Crippen molar-refractivity contribution in [3.8, 4) is 0 Å². The van der Waals surface area contributed by atoms with Gasteiger partial charge in [0, 0.05) is 12.1 Å². The van der Waals surface area contributed by atoms with Gasteiger partial charge in [-0.05, 0) is 43.0 Å². The molecule has 1 aromatic rings. The molecular weight excluding hydrogens is 291 g/mol. The first kappa shape index (κ1) is 16.7. The maximum absolute atomic E-state index is 13.4. The molecule has 0 aromatic heterocycles. The first-order valence-electron chi connectivity index (χ1n) is 7.56. The number of rotatable bonds is 5. The Kier molecular flexibility index (Phi) is 5.99. The fourth-order valence-corrected chi connectivity index (χ4v) is 3.53. The Morgan fingerprint density at radius 3 is 2.57 bits per heavy atom. The summed E-state index contributed by atoms with van der Waals surface area (Å²) in [5.41, 5.74) is 3.34. The number of halogens is 2. The van der Waals surface area contributed by atoms with Gasteiger partial charge in [0.25, 0.3) is 0 Å². The van der Waals surface area contributed by atoms with Crippen LogP contribution in [0, 0.1) is 5.82 Å². The second-order valence-corrected chi connectivity index (χ2v) is 6.25. The lowest BCUT2D eigenvalue weighted by Gasteiger charge is -2.39. The highest BCUT2D eigenvalue weighted by molar-refractivity contribution is 6.31. The summed E-state index contributed by atoms with van der Waals surface area (Å²) < 4.78 is 19.3. The van der Waals surface area contributed by atoms with Crippen molar-refractivity contribution in [2.75, 3.05) is 7.11 Å². The second kappa shape index (κ2) is 7.54. The predicted octanol–water partition coefficient (Wildman–Crippen LogP) is 3.59. The zero-order valence-electron chi connectivity index (χ0n) is 12.5. The molecule has 1 aliphatic rings. The molecule has 1 saturated carbocycles. The number of ether oxygens (including phenoxy) is 1. The van der Waals surface area contributed by atoms with Crippen molar-refractivity contribution in [3.63, 3.8) is 0 Å². The maximum atomic E-state index is 13.4. The largest absolute Gasteiger partial charge is 0.377 e. The van der Waals surface area contributed by atoms with Crippen molar-refractivity contribution >= 4 is 11.6 Å². The van der Waals surface area contributed by atoms with Crippen LogP contribution in [0.1, 0.15) is 44.1 Å². The van der Waals surface area contributed by atoms with Crippen LogP contribution in [0.15, 0.2) is 18.2 Å². The molecule has 3 N–H and O–H groups in total. The van der Waals surface area contributed by atoms with Crippen LogP contribution in [0.5, 0.6) is 0 Å². The maximum Gasteiger partial charge on any atom is 0.123 e. The van der Waals surface area contributed by atoms with Crippen molar-refractivity contribution in [2.24, 2.45) is 5.84 Å².